The van der Waals surface area contributed by atoms with Crippen molar-refractivity contribution in [2.75, 3.05) is 13.1 Å². The van der Waals surface area contributed by atoms with Gasteiger partial charge in [0.15, 0.2) is 5.78 Å². The number of aliphatic hydroxyl groups excluding tert-OH is 2. The van der Waals surface area contributed by atoms with Crippen molar-refractivity contribution in [2.24, 2.45) is 17.8 Å². The van der Waals surface area contributed by atoms with Crippen LogP contribution in [0.3, 0.4) is 0 Å². The second-order valence-electron chi connectivity index (χ2n) is 13.9. The molecule has 2 saturated heterocycles. The molecule has 6 unspecified atom stereocenters. The number of ketones is 4. The summed E-state index contributed by atoms with van der Waals surface area (Å²) in [6, 6.07) is 9.44. The zero-order valence-electron chi connectivity index (χ0n) is 28.8. The normalized spacial score (nSPS) is 28.3. The molecule has 2 aliphatic heterocycles. The van der Waals surface area contributed by atoms with E-state index >= 15 is 0 Å². The molecular formula is C38H58N2O6Sn. The van der Waals surface area contributed by atoms with Crippen LogP contribution in [0.2, 0.25) is 0 Å². The van der Waals surface area contributed by atoms with Gasteiger partial charge in [0.25, 0.3) is 0 Å². The summed E-state index contributed by atoms with van der Waals surface area (Å²) in [5, 5.41) is 28.2. The van der Waals surface area contributed by atoms with Gasteiger partial charge < -0.3 is 20.8 Å². The second-order valence-corrected chi connectivity index (χ2v) is 13.9. The third-order valence-electron chi connectivity index (χ3n) is 10.0. The summed E-state index contributed by atoms with van der Waals surface area (Å²) in [7, 11) is 0. The molecule has 6 atom stereocenters. The van der Waals surface area contributed by atoms with Gasteiger partial charge in [-0.25, -0.2) is 0 Å². The molecule has 0 aromatic heterocycles. The monoisotopic (exact) mass is 758 g/mol. The van der Waals surface area contributed by atoms with Crippen LogP contribution in [0, 0.1) is 17.8 Å². The van der Waals surface area contributed by atoms with Crippen LogP contribution in [-0.4, -0.2) is 94.6 Å². The molecule has 260 valence electrons. The molecule has 0 bridgehead atoms. The summed E-state index contributed by atoms with van der Waals surface area (Å²) < 4.78 is 0. The van der Waals surface area contributed by atoms with Gasteiger partial charge in [-0.3, -0.25) is 19.2 Å². The van der Waals surface area contributed by atoms with Crippen molar-refractivity contribution in [3.63, 3.8) is 0 Å². The van der Waals surface area contributed by atoms with Crippen molar-refractivity contribution in [3.8, 4) is 0 Å². The summed E-state index contributed by atoms with van der Waals surface area (Å²) in [5.74, 6) is 1.60. The van der Waals surface area contributed by atoms with Crippen molar-refractivity contribution in [1.82, 2.24) is 0 Å². The first-order chi connectivity index (χ1) is 22.2. The molecule has 1 aromatic rings. The number of hydrogen-bond acceptors (Lipinski definition) is 6. The van der Waals surface area contributed by atoms with Crippen LogP contribution < -0.4 is 0 Å². The van der Waals surface area contributed by atoms with Crippen LogP contribution >= 0.6 is 0 Å². The molecule has 3 saturated carbocycles. The smallest absolute Gasteiger partial charge is 0.657 e. The first-order valence-corrected chi connectivity index (χ1v) is 17.9. The summed E-state index contributed by atoms with van der Waals surface area (Å²) in [6.45, 7) is 4.87. The molecule has 3 aliphatic carbocycles. The maximum absolute atomic E-state index is 11.4. The molecule has 9 heteroatoms. The van der Waals surface area contributed by atoms with Crippen molar-refractivity contribution in [3.05, 3.63) is 46.5 Å². The number of hydrogen-bond donors (Lipinski definition) is 2. The zero-order valence-corrected chi connectivity index (χ0v) is 31.6. The number of Topliss-reactive ketones (excluding diaryl/α,β-unsaturated/α-hetero) is 4. The van der Waals surface area contributed by atoms with Gasteiger partial charge in [-0.2, -0.15) is 0 Å². The van der Waals surface area contributed by atoms with E-state index in [2.05, 4.69) is 10.6 Å². The number of rotatable bonds is 6. The maximum Gasteiger partial charge on any atom is 2.00 e. The fraction of sp³-hybridized carbons (Fsp3) is 0.737. The minimum atomic E-state index is -0.117. The van der Waals surface area contributed by atoms with E-state index < -0.39 is 0 Å². The average molecular weight is 758 g/mol. The largest absolute Gasteiger partial charge is 2.00 e. The molecule has 6 rings (SSSR count). The number of carbonyl (C=O) groups excluding carboxylic acids is 4. The molecular weight excluding hydrogens is 699 g/mol. The van der Waals surface area contributed by atoms with Crippen molar-refractivity contribution < 1.29 is 29.4 Å². The molecule has 1 aromatic carbocycles. The average Bonchev–Trinajstić information content (AvgIpc) is 3.06. The van der Waals surface area contributed by atoms with Crippen LogP contribution in [0.15, 0.2) is 30.3 Å². The number of fused-ring (bicyclic) bond motifs is 2. The Hall–Kier alpha value is -1.46. The molecule has 0 spiro atoms. The minimum Gasteiger partial charge on any atom is -0.657 e. The Balaban J connectivity index is 0.000000216. The quantitative estimate of drug-likeness (QED) is 0.183. The van der Waals surface area contributed by atoms with Gasteiger partial charge >= 0.3 is 23.9 Å². The van der Waals surface area contributed by atoms with Crippen LogP contribution in [0.4, 0.5) is 0 Å². The standard InChI is InChI=1S/C10H16O2.C10H10O2.2C9H16NO.Sn/c2*1-8(11)7-10(12)9-5-3-2-4-6-9;2*11-8-5-1-3-7-4-2-6-10-9(7)8;/h9H,2-7H2,1H3;2-6H,7H2,1H3;2*7-9,11H,1-6H2;/q;;2*-1;+2. The van der Waals surface area contributed by atoms with E-state index in [1.807, 2.05) is 6.07 Å². The van der Waals surface area contributed by atoms with E-state index in [0.717, 1.165) is 51.6 Å². The Kier molecular flexibility index (Phi) is 20.4. The Morgan fingerprint density at radius 3 is 1.53 bits per heavy atom. The fourth-order valence-electron chi connectivity index (χ4n) is 7.62. The van der Waals surface area contributed by atoms with Gasteiger partial charge in [0, 0.05) is 23.7 Å². The van der Waals surface area contributed by atoms with Gasteiger partial charge in [0.05, 0.1) is 12.8 Å². The van der Waals surface area contributed by atoms with Crippen LogP contribution in [0.5, 0.6) is 0 Å². The Labute approximate surface area is 300 Å². The number of carbonyl (C=O) groups is 4. The number of benzene rings is 1. The van der Waals surface area contributed by atoms with E-state index in [1.54, 1.807) is 24.3 Å². The second kappa shape index (κ2) is 23.0. The van der Waals surface area contributed by atoms with E-state index in [1.165, 1.54) is 71.6 Å². The number of aliphatic hydroxyl groups is 2. The SMILES string of the molecule is CC(=O)CC(=O)C1CCCCC1.CC(=O)CC(=O)c1ccccc1.OC1CCCC2CCC[N-]C12.OC1CCCC2CCC[N-]C12.[Sn+2]. The first kappa shape index (κ1) is 41.7. The summed E-state index contributed by atoms with van der Waals surface area (Å²) in [6.07, 6.45) is 17.6. The molecule has 2 radical (unpaired) electrons. The summed E-state index contributed by atoms with van der Waals surface area (Å²) in [4.78, 5) is 43.9. The zero-order chi connectivity index (χ0) is 33.3. The van der Waals surface area contributed by atoms with Crippen LogP contribution in [0.25, 0.3) is 10.6 Å². The molecule has 0 amide bonds. The Morgan fingerprint density at radius 2 is 1.09 bits per heavy atom. The summed E-state index contributed by atoms with van der Waals surface area (Å²) >= 11 is 0. The van der Waals surface area contributed by atoms with Gasteiger partial charge in [-0.05, 0) is 39.5 Å². The Bertz CT molecular complexity index is 1040. The van der Waals surface area contributed by atoms with Crippen molar-refractivity contribution >= 4 is 47.0 Å². The number of piperidine rings is 2. The van der Waals surface area contributed by atoms with E-state index in [4.69, 9.17) is 0 Å². The van der Waals surface area contributed by atoms with E-state index in [-0.39, 0.29) is 78.0 Å². The fourth-order valence-corrected chi connectivity index (χ4v) is 7.62. The maximum atomic E-state index is 11.4. The topological polar surface area (TPSA) is 137 Å². The Morgan fingerprint density at radius 1 is 0.617 bits per heavy atom. The molecule has 2 heterocycles. The predicted octanol–water partition coefficient (Wildman–Crippen LogP) is 6.95. The molecule has 5 aliphatic rings. The molecule has 5 fully saturated rings. The minimum absolute atomic E-state index is 0. The van der Waals surface area contributed by atoms with Crippen LogP contribution in [-0.2, 0) is 14.4 Å². The molecule has 2 N–H and O–H groups in total. The predicted molar refractivity (Wildman–Crippen MR) is 188 cm³/mol. The summed E-state index contributed by atoms with van der Waals surface area (Å²) in [5.41, 5.74) is 0.604. The third-order valence-corrected chi connectivity index (χ3v) is 10.0. The molecule has 8 nitrogen and oxygen atoms in total. The first-order valence-electron chi connectivity index (χ1n) is 17.9. The van der Waals surface area contributed by atoms with Gasteiger partial charge in [0.1, 0.15) is 17.3 Å². The van der Waals surface area contributed by atoms with Crippen molar-refractivity contribution in [1.29, 1.82) is 0 Å². The van der Waals surface area contributed by atoms with Gasteiger partial charge in [-0.15, -0.1) is 25.2 Å². The van der Waals surface area contributed by atoms with Gasteiger partial charge in [0.2, 0.25) is 0 Å². The van der Waals surface area contributed by atoms with Gasteiger partial charge in [-0.1, -0.05) is 113 Å². The van der Waals surface area contributed by atoms with Crippen LogP contribution in [0.1, 0.15) is 133 Å². The molecule has 47 heavy (non-hydrogen) atoms. The van der Waals surface area contributed by atoms with Crippen molar-refractivity contribution in [2.45, 2.75) is 147 Å². The number of nitrogens with zero attached hydrogens (tertiary/aromatic N) is 2. The van der Waals surface area contributed by atoms with E-state index in [9.17, 15) is 29.4 Å². The van der Waals surface area contributed by atoms with E-state index in [0.29, 0.717) is 29.5 Å². The third kappa shape index (κ3) is 15.3.